The number of pyridine rings is 3. The summed E-state index contributed by atoms with van der Waals surface area (Å²) in [5.74, 6) is 0. The zero-order chi connectivity index (χ0) is 19.4. The fourth-order valence-electron chi connectivity index (χ4n) is 3.07. The quantitative estimate of drug-likeness (QED) is 0.553. The Labute approximate surface area is 166 Å². The van der Waals surface area contributed by atoms with E-state index in [1.807, 2.05) is 67.0 Å². The molecule has 0 radical (unpaired) electrons. The molecule has 3 aromatic rings. The Morgan fingerprint density at radius 2 is 1.00 bits per heavy atom. The smallest absolute Gasteiger partial charge is 0.0558 e. The fourth-order valence-corrected chi connectivity index (χ4v) is 3.07. The van der Waals surface area contributed by atoms with E-state index in [0.29, 0.717) is 6.54 Å². The van der Waals surface area contributed by atoms with Crippen molar-refractivity contribution in [1.29, 1.82) is 0 Å². The number of rotatable bonds is 11. The highest BCUT2D eigenvalue weighted by molar-refractivity contribution is 5.06. The van der Waals surface area contributed by atoms with Gasteiger partial charge < -0.3 is 5.11 Å². The molecule has 6 heteroatoms. The summed E-state index contributed by atoms with van der Waals surface area (Å²) in [5, 5.41) is 9.45. The normalized spacial score (nSPS) is 11.2. The highest BCUT2D eigenvalue weighted by atomic mass is 16.3. The van der Waals surface area contributed by atoms with Crippen molar-refractivity contribution in [3.63, 3.8) is 0 Å². The molecule has 0 unspecified atom stereocenters. The average molecular weight is 377 g/mol. The molecule has 0 saturated carbocycles. The van der Waals surface area contributed by atoms with Gasteiger partial charge in [-0.3, -0.25) is 24.8 Å². The van der Waals surface area contributed by atoms with Gasteiger partial charge >= 0.3 is 0 Å². The van der Waals surface area contributed by atoms with Crippen LogP contribution in [0.1, 0.15) is 17.1 Å². The van der Waals surface area contributed by atoms with Crippen LogP contribution in [0.3, 0.4) is 0 Å². The summed E-state index contributed by atoms with van der Waals surface area (Å²) < 4.78 is 0. The number of hydrogen-bond acceptors (Lipinski definition) is 6. The lowest BCUT2D eigenvalue weighted by atomic mass is 10.2. The largest absolute Gasteiger partial charge is 0.395 e. The predicted molar refractivity (Wildman–Crippen MR) is 109 cm³/mol. The molecule has 0 fully saturated rings. The first-order valence-corrected chi connectivity index (χ1v) is 9.59. The Morgan fingerprint density at radius 1 is 0.571 bits per heavy atom. The molecule has 0 atom stereocenters. The van der Waals surface area contributed by atoms with E-state index in [0.717, 1.165) is 49.8 Å². The molecule has 0 aliphatic heterocycles. The van der Waals surface area contributed by atoms with Crippen molar-refractivity contribution in [2.75, 3.05) is 26.2 Å². The van der Waals surface area contributed by atoms with Crippen molar-refractivity contribution in [1.82, 2.24) is 24.8 Å². The van der Waals surface area contributed by atoms with Crippen molar-refractivity contribution in [2.24, 2.45) is 0 Å². The lowest BCUT2D eigenvalue weighted by Crippen LogP contribution is -2.36. The van der Waals surface area contributed by atoms with Crippen molar-refractivity contribution in [2.45, 2.75) is 19.6 Å². The van der Waals surface area contributed by atoms with Gasteiger partial charge in [-0.1, -0.05) is 18.2 Å². The molecular weight excluding hydrogens is 350 g/mol. The number of aliphatic hydroxyl groups is 1. The second-order valence-electron chi connectivity index (χ2n) is 6.67. The fraction of sp³-hybridized carbons (Fsp3) is 0.318. The third kappa shape index (κ3) is 6.81. The van der Waals surface area contributed by atoms with Gasteiger partial charge in [0.05, 0.1) is 23.7 Å². The van der Waals surface area contributed by atoms with E-state index in [1.54, 1.807) is 6.20 Å². The molecule has 3 rings (SSSR count). The van der Waals surface area contributed by atoms with Crippen LogP contribution < -0.4 is 0 Å². The van der Waals surface area contributed by atoms with Crippen molar-refractivity contribution < 1.29 is 5.11 Å². The van der Waals surface area contributed by atoms with Gasteiger partial charge in [-0.05, 0) is 36.4 Å². The van der Waals surface area contributed by atoms with Gasteiger partial charge in [-0.2, -0.15) is 0 Å². The molecular formula is C22H27N5O. The van der Waals surface area contributed by atoms with Gasteiger partial charge in [0.1, 0.15) is 0 Å². The van der Waals surface area contributed by atoms with Crippen LogP contribution >= 0.6 is 0 Å². The Kier molecular flexibility index (Phi) is 8.06. The van der Waals surface area contributed by atoms with Crippen LogP contribution in [0.4, 0.5) is 0 Å². The maximum atomic E-state index is 9.45. The van der Waals surface area contributed by atoms with E-state index >= 15 is 0 Å². The molecule has 0 aliphatic carbocycles. The minimum atomic E-state index is 0.132. The van der Waals surface area contributed by atoms with Crippen LogP contribution in [0.5, 0.6) is 0 Å². The molecule has 0 spiro atoms. The van der Waals surface area contributed by atoms with Crippen LogP contribution in [-0.2, 0) is 19.6 Å². The molecule has 0 amide bonds. The minimum Gasteiger partial charge on any atom is -0.395 e. The van der Waals surface area contributed by atoms with Gasteiger partial charge in [-0.15, -0.1) is 0 Å². The first-order valence-electron chi connectivity index (χ1n) is 9.59. The minimum absolute atomic E-state index is 0.132. The number of nitrogens with zero attached hydrogens (tertiary/aromatic N) is 5. The van der Waals surface area contributed by atoms with E-state index < -0.39 is 0 Å². The molecule has 1 N–H and O–H groups in total. The van der Waals surface area contributed by atoms with Crippen LogP contribution in [0.15, 0.2) is 73.2 Å². The second kappa shape index (κ2) is 11.2. The lowest BCUT2D eigenvalue weighted by molar-refractivity contribution is 0.155. The van der Waals surface area contributed by atoms with Crippen LogP contribution in [0.2, 0.25) is 0 Å². The van der Waals surface area contributed by atoms with E-state index in [4.69, 9.17) is 0 Å². The summed E-state index contributed by atoms with van der Waals surface area (Å²) >= 11 is 0. The summed E-state index contributed by atoms with van der Waals surface area (Å²) in [6.07, 6.45) is 5.46. The van der Waals surface area contributed by atoms with Crippen LogP contribution in [0.25, 0.3) is 0 Å². The number of hydrogen-bond donors (Lipinski definition) is 1. The lowest BCUT2D eigenvalue weighted by Gasteiger charge is -2.27. The topological polar surface area (TPSA) is 65.4 Å². The molecule has 0 saturated heterocycles. The van der Waals surface area contributed by atoms with Crippen molar-refractivity contribution in [3.8, 4) is 0 Å². The Bertz CT molecular complexity index is 744. The average Bonchev–Trinajstić information content (AvgIpc) is 2.74. The van der Waals surface area contributed by atoms with Crippen molar-refractivity contribution >= 4 is 0 Å². The number of aliphatic hydroxyl groups excluding tert-OH is 1. The highest BCUT2D eigenvalue weighted by Gasteiger charge is 2.12. The van der Waals surface area contributed by atoms with Gasteiger partial charge in [0.25, 0.3) is 0 Å². The Hall–Kier alpha value is -2.67. The summed E-state index contributed by atoms with van der Waals surface area (Å²) in [5.41, 5.74) is 3.09. The van der Waals surface area contributed by atoms with Crippen molar-refractivity contribution in [3.05, 3.63) is 90.3 Å². The first-order chi connectivity index (χ1) is 13.8. The standard InChI is InChI=1S/C22H27N5O/c28-16-15-26(17-20-7-1-4-10-23-20)13-14-27(18-21-8-2-5-11-24-21)19-22-9-3-6-12-25-22/h1-12,28H,13-19H2. The molecule has 0 bridgehead atoms. The maximum absolute atomic E-state index is 9.45. The Morgan fingerprint density at radius 3 is 1.39 bits per heavy atom. The summed E-state index contributed by atoms with van der Waals surface area (Å²) in [6, 6.07) is 17.9. The molecule has 0 aromatic carbocycles. The first kappa shape index (κ1) is 20.1. The second-order valence-corrected chi connectivity index (χ2v) is 6.67. The zero-order valence-corrected chi connectivity index (χ0v) is 16.1. The monoisotopic (exact) mass is 377 g/mol. The van der Waals surface area contributed by atoms with E-state index in [1.165, 1.54) is 0 Å². The molecule has 28 heavy (non-hydrogen) atoms. The third-order valence-electron chi connectivity index (χ3n) is 4.48. The maximum Gasteiger partial charge on any atom is 0.0558 e. The van der Waals surface area contributed by atoms with Gasteiger partial charge in [0.2, 0.25) is 0 Å². The van der Waals surface area contributed by atoms with E-state index in [-0.39, 0.29) is 6.61 Å². The van der Waals surface area contributed by atoms with Gasteiger partial charge in [0, 0.05) is 57.9 Å². The molecule has 0 aliphatic rings. The predicted octanol–water partition coefficient (Wildman–Crippen LogP) is 2.37. The molecule has 6 nitrogen and oxygen atoms in total. The van der Waals surface area contributed by atoms with E-state index in [2.05, 4.69) is 24.8 Å². The third-order valence-corrected chi connectivity index (χ3v) is 4.48. The Balaban J connectivity index is 1.64. The molecule has 146 valence electrons. The van der Waals surface area contributed by atoms with E-state index in [9.17, 15) is 5.11 Å². The SMILES string of the molecule is OCCN(CCN(Cc1ccccn1)Cc1ccccn1)Cc1ccccn1. The summed E-state index contributed by atoms with van der Waals surface area (Å²) in [4.78, 5) is 17.9. The molecule has 3 heterocycles. The number of aromatic nitrogens is 3. The summed E-state index contributed by atoms with van der Waals surface area (Å²) in [7, 11) is 0. The summed E-state index contributed by atoms with van der Waals surface area (Å²) in [6.45, 7) is 4.67. The molecule has 3 aromatic heterocycles. The highest BCUT2D eigenvalue weighted by Crippen LogP contribution is 2.08. The zero-order valence-electron chi connectivity index (χ0n) is 16.1. The van der Waals surface area contributed by atoms with Gasteiger partial charge in [0.15, 0.2) is 0 Å². The van der Waals surface area contributed by atoms with Gasteiger partial charge in [-0.25, -0.2) is 0 Å². The van der Waals surface area contributed by atoms with Crippen LogP contribution in [0, 0.1) is 0 Å². The van der Waals surface area contributed by atoms with Crippen LogP contribution in [-0.4, -0.2) is 56.1 Å².